The zero-order valence-corrected chi connectivity index (χ0v) is 16.8. The molecule has 0 heterocycles. The smallest absolute Gasteiger partial charge is 0.376 e. The van der Waals surface area contributed by atoms with Gasteiger partial charge in [0.05, 0.1) is 11.3 Å². The molecule has 10 heteroatoms. The summed E-state index contributed by atoms with van der Waals surface area (Å²) in [6, 6.07) is 10.6. The van der Waals surface area contributed by atoms with E-state index in [2.05, 4.69) is 5.32 Å². The highest BCUT2D eigenvalue weighted by molar-refractivity contribution is 7.89. The van der Waals surface area contributed by atoms with Crippen LogP contribution < -0.4 is 5.32 Å². The molecule has 0 aliphatic heterocycles. The second kappa shape index (κ2) is 8.13. The third-order valence-electron chi connectivity index (χ3n) is 4.32. The number of nitrogens with one attached hydrogen (secondary N) is 1. The monoisotopic (exact) mass is 430 g/mol. The fourth-order valence-electron chi connectivity index (χ4n) is 2.46. The molecule has 1 atom stereocenters. The first kappa shape index (κ1) is 22.9. The SMILES string of the molecule is CN(C)S(=O)(=O)c1cccc(CC(=O)Nc2ccc(C(C)(O)C(F)(F)F)cc2)c1. The minimum Gasteiger partial charge on any atom is -0.376 e. The van der Waals surface area contributed by atoms with Crippen LogP contribution in [-0.2, 0) is 26.8 Å². The molecule has 158 valence electrons. The largest absolute Gasteiger partial charge is 0.421 e. The number of amides is 1. The lowest BCUT2D eigenvalue weighted by atomic mass is 9.95. The Hall–Kier alpha value is -2.43. The lowest BCUT2D eigenvalue weighted by Gasteiger charge is -2.26. The van der Waals surface area contributed by atoms with Gasteiger partial charge in [0.1, 0.15) is 0 Å². The van der Waals surface area contributed by atoms with Gasteiger partial charge in [-0.3, -0.25) is 4.79 Å². The number of sulfonamides is 1. The highest BCUT2D eigenvalue weighted by Crippen LogP contribution is 2.38. The van der Waals surface area contributed by atoms with E-state index in [0.29, 0.717) is 12.5 Å². The maximum atomic E-state index is 12.9. The molecule has 2 aromatic rings. The summed E-state index contributed by atoms with van der Waals surface area (Å²) in [6.07, 6.45) is -4.96. The van der Waals surface area contributed by atoms with E-state index in [4.69, 9.17) is 0 Å². The van der Waals surface area contributed by atoms with Crippen molar-refractivity contribution in [3.63, 3.8) is 0 Å². The molecule has 1 unspecified atom stereocenters. The van der Waals surface area contributed by atoms with Gasteiger partial charge in [-0.2, -0.15) is 13.2 Å². The Labute approximate surface area is 167 Å². The number of rotatable bonds is 6. The topological polar surface area (TPSA) is 86.7 Å². The molecule has 1 amide bonds. The standard InChI is InChI=1S/C19H21F3N2O4S/c1-18(26,19(20,21)22)14-7-9-15(10-8-14)23-17(25)12-13-5-4-6-16(11-13)29(27,28)24(2)3/h4-11,26H,12H2,1-3H3,(H,23,25). The van der Waals surface area contributed by atoms with Crippen molar-refractivity contribution in [2.24, 2.45) is 0 Å². The molecule has 0 spiro atoms. The van der Waals surface area contributed by atoms with Crippen molar-refractivity contribution in [1.29, 1.82) is 0 Å². The van der Waals surface area contributed by atoms with Gasteiger partial charge in [0, 0.05) is 19.8 Å². The molecule has 0 saturated carbocycles. The molecule has 2 aromatic carbocycles. The minimum atomic E-state index is -4.84. The molecule has 29 heavy (non-hydrogen) atoms. The molecule has 0 fully saturated rings. The average molecular weight is 430 g/mol. The maximum absolute atomic E-state index is 12.9. The van der Waals surface area contributed by atoms with Crippen LogP contribution in [-0.4, -0.2) is 44.0 Å². The van der Waals surface area contributed by atoms with E-state index in [1.54, 1.807) is 6.07 Å². The van der Waals surface area contributed by atoms with Gasteiger partial charge in [-0.15, -0.1) is 0 Å². The Kier molecular flexibility index (Phi) is 6.41. The Morgan fingerprint density at radius 3 is 2.21 bits per heavy atom. The molecular weight excluding hydrogens is 409 g/mol. The van der Waals surface area contributed by atoms with Crippen LogP contribution in [0.5, 0.6) is 0 Å². The van der Waals surface area contributed by atoms with Gasteiger partial charge in [-0.05, 0) is 42.3 Å². The van der Waals surface area contributed by atoms with Crippen LogP contribution >= 0.6 is 0 Å². The lowest BCUT2D eigenvalue weighted by molar-refractivity contribution is -0.258. The molecule has 0 aliphatic rings. The summed E-state index contributed by atoms with van der Waals surface area (Å²) < 4.78 is 64.0. The highest BCUT2D eigenvalue weighted by atomic mass is 32.2. The summed E-state index contributed by atoms with van der Waals surface area (Å²) in [4.78, 5) is 12.3. The molecule has 6 nitrogen and oxygen atoms in total. The maximum Gasteiger partial charge on any atom is 0.421 e. The van der Waals surface area contributed by atoms with Crippen molar-refractivity contribution in [3.8, 4) is 0 Å². The Morgan fingerprint density at radius 2 is 1.69 bits per heavy atom. The predicted molar refractivity (Wildman–Crippen MR) is 102 cm³/mol. The van der Waals surface area contributed by atoms with Gasteiger partial charge in [0.2, 0.25) is 15.9 Å². The molecule has 0 aliphatic carbocycles. The van der Waals surface area contributed by atoms with Crippen LogP contribution in [0.1, 0.15) is 18.1 Å². The van der Waals surface area contributed by atoms with Crippen LogP contribution in [0.4, 0.5) is 18.9 Å². The van der Waals surface area contributed by atoms with E-state index in [1.807, 2.05) is 0 Å². The average Bonchev–Trinajstić information content (AvgIpc) is 2.61. The number of anilines is 1. The number of hydrogen-bond acceptors (Lipinski definition) is 4. The van der Waals surface area contributed by atoms with E-state index in [1.165, 1.54) is 44.4 Å². The summed E-state index contributed by atoms with van der Waals surface area (Å²) in [5, 5.41) is 12.2. The van der Waals surface area contributed by atoms with E-state index in [9.17, 15) is 31.5 Å². The zero-order valence-electron chi connectivity index (χ0n) is 16.0. The van der Waals surface area contributed by atoms with Crippen LogP contribution in [0.15, 0.2) is 53.4 Å². The van der Waals surface area contributed by atoms with Gasteiger partial charge in [0.15, 0.2) is 5.60 Å². The number of alkyl halides is 3. The first-order valence-corrected chi connectivity index (χ1v) is 9.90. The first-order chi connectivity index (χ1) is 13.2. The molecule has 0 radical (unpaired) electrons. The predicted octanol–water partition coefficient (Wildman–Crippen LogP) is 2.89. The summed E-state index contributed by atoms with van der Waals surface area (Å²) in [7, 11) is -0.844. The van der Waals surface area contributed by atoms with E-state index < -0.39 is 27.7 Å². The van der Waals surface area contributed by atoms with Crippen molar-refractivity contribution >= 4 is 21.6 Å². The molecule has 2 rings (SSSR count). The van der Waals surface area contributed by atoms with Crippen molar-refractivity contribution in [2.75, 3.05) is 19.4 Å². The van der Waals surface area contributed by atoms with Crippen LogP contribution in [0.25, 0.3) is 0 Å². The Bertz CT molecular complexity index is 985. The second-order valence-corrected chi connectivity index (χ2v) is 8.96. The Balaban J connectivity index is 2.11. The first-order valence-electron chi connectivity index (χ1n) is 8.46. The van der Waals surface area contributed by atoms with E-state index >= 15 is 0 Å². The number of carbonyl (C=O) groups excluding carboxylic acids is 1. The zero-order chi connectivity index (χ0) is 22.0. The summed E-state index contributed by atoms with van der Waals surface area (Å²) in [6.45, 7) is 0.648. The van der Waals surface area contributed by atoms with Crippen LogP contribution in [0, 0.1) is 0 Å². The fourth-order valence-corrected chi connectivity index (χ4v) is 3.43. The summed E-state index contributed by atoms with van der Waals surface area (Å²) >= 11 is 0. The molecular formula is C19H21F3N2O4S. The van der Waals surface area contributed by atoms with Gasteiger partial charge in [-0.25, -0.2) is 12.7 Å². The molecule has 2 N–H and O–H groups in total. The summed E-state index contributed by atoms with van der Waals surface area (Å²) in [5.41, 5.74) is -2.66. The van der Waals surface area contributed by atoms with E-state index in [0.717, 1.165) is 16.4 Å². The van der Waals surface area contributed by atoms with Gasteiger partial charge >= 0.3 is 6.18 Å². The number of hydrogen-bond donors (Lipinski definition) is 2. The van der Waals surface area contributed by atoms with Gasteiger partial charge < -0.3 is 10.4 Å². The Morgan fingerprint density at radius 1 is 1.10 bits per heavy atom. The lowest BCUT2D eigenvalue weighted by Crippen LogP contribution is -2.39. The van der Waals surface area contributed by atoms with Crippen molar-refractivity contribution in [2.45, 2.75) is 30.0 Å². The molecule has 0 aromatic heterocycles. The molecule has 0 bridgehead atoms. The third-order valence-corrected chi connectivity index (χ3v) is 6.14. The number of carbonyl (C=O) groups is 1. The normalized spacial score (nSPS) is 14.5. The second-order valence-electron chi connectivity index (χ2n) is 6.81. The number of halogens is 3. The van der Waals surface area contributed by atoms with E-state index in [-0.39, 0.29) is 22.6 Å². The highest BCUT2D eigenvalue weighted by Gasteiger charge is 2.51. The van der Waals surface area contributed by atoms with Crippen molar-refractivity contribution < 1.29 is 31.5 Å². The van der Waals surface area contributed by atoms with Crippen molar-refractivity contribution in [3.05, 3.63) is 59.7 Å². The molecule has 0 saturated heterocycles. The van der Waals surface area contributed by atoms with Crippen molar-refractivity contribution in [1.82, 2.24) is 4.31 Å². The number of nitrogens with zero attached hydrogens (tertiary/aromatic N) is 1. The van der Waals surface area contributed by atoms with Gasteiger partial charge in [0.25, 0.3) is 0 Å². The quantitative estimate of drug-likeness (QED) is 0.738. The summed E-state index contributed by atoms with van der Waals surface area (Å²) in [5.74, 6) is -0.472. The van der Waals surface area contributed by atoms with Crippen LogP contribution in [0.2, 0.25) is 0 Å². The van der Waals surface area contributed by atoms with Crippen LogP contribution in [0.3, 0.4) is 0 Å². The number of aliphatic hydroxyl groups is 1. The minimum absolute atomic E-state index is 0.0477. The fraction of sp³-hybridized carbons (Fsp3) is 0.316. The third kappa shape index (κ3) is 5.14. The number of benzene rings is 2. The van der Waals surface area contributed by atoms with Gasteiger partial charge in [-0.1, -0.05) is 24.3 Å².